The summed E-state index contributed by atoms with van der Waals surface area (Å²) >= 11 is 0. The number of ether oxygens (including phenoxy) is 2. The zero-order chi connectivity index (χ0) is 12.3. The number of hydrogen-bond acceptors (Lipinski definition) is 3. The molecule has 0 amide bonds. The van der Waals surface area contributed by atoms with Crippen molar-refractivity contribution in [2.45, 2.75) is 19.4 Å². The van der Waals surface area contributed by atoms with Gasteiger partial charge in [0.25, 0.3) is 0 Å². The first-order chi connectivity index (χ1) is 8.16. The van der Waals surface area contributed by atoms with Crippen molar-refractivity contribution in [2.24, 2.45) is 5.92 Å². The maximum absolute atomic E-state index is 13.6. The first kappa shape index (κ1) is 12.3. The van der Waals surface area contributed by atoms with E-state index in [0.717, 1.165) is 13.0 Å². The standard InChI is InChI=1S/C13H17FO3/c1-9(15)11-2-3-13(12(14)6-11)17-8-10-4-5-16-7-10/h2-3,6,9-10,15H,4-5,7-8H2,1H3. The lowest BCUT2D eigenvalue weighted by Gasteiger charge is -2.12. The van der Waals surface area contributed by atoms with Crippen molar-refractivity contribution in [1.82, 2.24) is 0 Å². The molecule has 1 heterocycles. The molecule has 0 aromatic heterocycles. The van der Waals surface area contributed by atoms with Gasteiger partial charge in [-0.15, -0.1) is 0 Å². The van der Waals surface area contributed by atoms with E-state index in [4.69, 9.17) is 9.47 Å². The lowest BCUT2D eigenvalue weighted by molar-refractivity contribution is 0.165. The van der Waals surface area contributed by atoms with Gasteiger partial charge in [-0.25, -0.2) is 4.39 Å². The molecule has 1 aliphatic heterocycles. The van der Waals surface area contributed by atoms with E-state index in [9.17, 15) is 9.50 Å². The van der Waals surface area contributed by atoms with Crippen LogP contribution in [0.15, 0.2) is 18.2 Å². The molecule has 1 aromatic rings. The summed E-state index contributed by atoms with van der Waals surface area (Å²) < 4.78 is 24.3. The average molecular weight is 240 g/mol. The van der Waals surface area contributed by atoms with Crippen LogP contribution in [0.25, 0.3) is 0 Å². The zero-order valence-electron chi connectivity index (χ0n) is 9.86. The van der Waals surface area contributed by atoms with Gasteiger partial charge in [0.1, 0.15) is 0 Å². The van der Waals surface area contributed by atoms with Crippen molar-refractivity contribution in [2.75, 3.05) is 19.8 Å². The Labute approximate surface area is 100 Å². The quantitative estimate of drug-likeness (QED) is 0.877. The molecule has 1 fully saturated rings. The van der Waals surface area contributed by atoms with E-state index in [1.807, 2.05) is 0 Å². The minimum atomic E-state index is -0.665. The molecule has 0 aliphatic carbocycles. The highest BCUT2D eigenvalue weighted by molar-refractivity contribution is 5.30. The predicted molar refractivity (Wildman–Crippen MR) is 61.5 cm³/mol. The number of benzene rings is 1. The molecule has 1 N–H and O–H groups in total. The van der Waals surface area contributed by atoms with E-state index in [1.54, 1.807) is 19.1 Å². The molecule has 94 valence electrons. The fourth-order valence-corrected chi connectivity index (χ4v) is 1.82. The minimum absolute atomic E-state index is 0.237. The molecule has 3 nitrogen and oxygen atoms in total. The van der Waals surface area contributed by atoms with Gasteiger partial charge in [0.15, 0.2) is 11.6 Å². The van der Waals surface area contributed by atoms with Crippen LogP contribution in [0.1, 0.15) is 25.0 Å². The lowest BCUT2D eigenvalue weighted by Crippen LogP contribution is -2.12. The van der Waals surface area contributed by atoms with Crippen LogP contribution >= 0.6 is 0 Å². The van der Waals surface area contributed by atoms with Crippen molar-refractivity contribution in [3.05, 3.63) is 29.6 Å². The Balaban J connectivity index is 1.96. The fourth-order valence-electron chi connectivity index (χ4n) is 1.82. The molecular formula is C13H17FO3. The second kappa shape index (κ2) is 5.47. The third-order valence-electron chi connectivity index (χ3n) is 2.94. The van der Waals surface area contributed by atoms with Crippen molar-refractivity contribution < 1.29 is 19.0 Å². The Morgan fingerprint density at radius 3 is 3.00 bits per heavy atom. The van der Waals surface area contributed by atoms with Gasteiger partial charge in [0.05, 0.1) is 19.3 Å². The van der Waals surface area contributed by atoms with Crippen LogP contribution in [-0.2, 0) is 4.74 Å². The highest BCUT2D eigenvalue weighted by Crippen LogP contribution is 2.23. The first-order valence-electron chi connectivity index (χ1n) is 5.85. The molecule has 2 unspecified atom stereocenters. The molecule has 1 aliphatic rings. The molecule has 4 heteroatoms. The van der Waals surface area contributed by atoms with Gasteiger partial charge in [-0.3, -0.25) is 0 Å². The second-order valence-corrected chi connectivity index (χ2v) is 4.41. The second-order valence-electron chi connectivity index (χ2n) is 4.41. The van der Waals surface area contributed by atoms with Gasteiger partial charge in [-0.2, -0.15) is 0 Å². The molecule has 0 bridgehead atoms. The van der Waals surface area contributed by atoms with Crippen LogP contribution < -0.4 is 4.74 Å². The van der Waals surface area contributed by atoms with Crippen LogP contribution in [0.5, 0.6) is 5.75 Å². The largest absolute Gasteiger partial charge is 0.490 e. The molecule has 0 saturated carbocycles. The SMILES string of the molecule is CC(O)c1ccc(OCC2CCOC2)c(F)c1. The van der Waals surface area contributed by atoms with Gasteiger partial charge in [0.2, 0.25) is 0 Å². The molecule has 0 radical (unpaired) electrons. The Kier molecular flexibility index (Phi) is 3.97. The maximum Gasteiger partial charge on any atom is 0.165 e. The summed E-state index contributed by atoms with van der Waals surface area (Å²) in [7, 11) is 0. The number of aliphatic hydroxyl groups excluding tert-OH is 1. The summed E-state index contributed by atoms with van der Waals surface area (Å²) in [6.45, 7) is 3.53. The van der Waals surface area contributed by atoms with Crippen molar-refractivity contribution in [3.63, 3.8) is 0 Å². The zero-order valence-corrected chi connectivity index (χ0v) is 9.86. The van der Waals surface area contributed by atoms with Crippen molar-refractivity contribution >= 4 is 0 Å². The van der Waals surface area contributed by atoms with Gasteiger partial charge >= 0.3 is 0 Å². The Hall–Kier alpha value is -1.13. The van der Waals surface area contributed by atoms with Gasteiger partial charge in [0, 0.05) is 12.5 Å². The third kappa shape index (κ3) is 3.17. The molecule has 0 spiro atoms. The highest BCUT2D eigenvalue weighted by Gasteiger charge is 2.17. The normalized spacial score (nSPS) is 21.5. The summed E-state index contributed by atoms with van der Waals surface area (Å²) in [5.41, 5.74) is 0.555. The Morgan fingerprint density at radius 1 is 1.59 bits per heavy atom. The molecule has 17 heavy (non-hydrogen) atoms. The average Bonchev–Trinajstić information content (AvgIpc) is 2.80. The summed E-state index contributed by atoms with van der Waals surface area (Å²) in [4.78, 5) is 0. The van der Waals surface area contributed by atoms with Crippen LogP contribution in [0, 0.1) is 11.7 Å². The molecule has 2 rings (SSSR count). The topological polar surface area (TPSA) is 38.7 Å². The number of hydrogen-bond donors (Lipinski definition) is 1. The predicted octanol–water partition coefficient (Wildman–Crippen LogP) is 2.29. The monoisotopic (exact) mass is 240 g/mol. The van der Waals surface area contributed by atoms with Crippen LogP contribution in [0.3, 0.4) is 0 Å². The van der Waals surface area contributed by atoms with Gasteiger partial charge in [-0.05, 0) is 31.0 Å². The summed E-state index contributed by atoms with van der Waals surface area (Å²) in [6.07, 6.45) is 0.301. The van der Waals surface area contributed by atoms with Crippen LogP contribution in [0.4, 0.5) is 4.39 Å². The van der Waals surface area contributed by atoms with E-state index in [2.05, 4.69) is 0 Å². The molecule has 2 atom stereocenters. The molecule has 1 saturated heterocycles. The maximum atomic E-state index is 13.6. The highest BCUT2D eigenvalue weighted by atomic mass is 19.1. The van der Waals surface area contributed by atoms with Crippen LogP contribution in [0.2, 0.25) is 0 Å². The fraction of sp³-hybridized carbons (Fsp3) is 0.538. The summed E-state index contributed by atoms with van der Waals surface area (Å²) in [5.74, 6) is 0.162. The first-order valence-corrected chi connectivity index (χ1v) is 5.85. The number of aliphatic hydroxyl groups is 1. The van der Waals surface area contributed by atoms with Crippen LogP contribution in [-0.4, -0.2) is 24.9 Å². The van der Waals surface area contributed by atoms with E-state index in [1.165, 1.54) is 6.07 Å². The minimum Gasteiger partial charge on any atom is -0.490 e. The van der Waals surface area contributed by atoms with Gasteiger partial charge < -0.3 is 14.6 Å². The summed E-state index contributed by atoms with van der Waals surface area (Å²) in [5, 5.41) is 9.32. The lowest BCUT2D eigenvalue weighted by atomic mass is 10.1. The Bertz CT molecular complexity index is 373. The molecular weight excluding hydrogens is 223 g/mol. The number of halogens is 1. The van der Waals surface area contributed by atoms with E-state index in [0.29, 0.717) is 24.7 Å². The van der Waals surface area contributed by atoms with Crippen molar-refractivity contribution in [3.8, 4) is 5.75 Å². The Morgan fingerprint density at radius 2 is 2.41 bits per heavy atom. The van der Waals surface area contributed by atoms with E-state index >= 15 is 0 Å². The smallest absolute Gasteiger partial charge is 0.165 e. The van der Waals surface area contributed by atoms with Gasteiger partial charge in [-0.1, -0.05) is 6.07 Å². The molecule has 1 aromatic carbocycles. The van der Waals surface area contributed by atoms with E-state index < -0.39 is 11.9 Å². The summed E-state index contributed by atoms with van der Waals surface area (Å²) in [6, 6.07) is 4.55. The van der Waals surface area contributed by atoms with Crippen molar-refractivity contribution in [1.29, 1.82) is 0 Å². The number of rotatable bonds is 4. The van der Waals surface area contributed by atoms with E-state index in [-0.39, 0.29) is 5.75 Å². The third-order valence-corrected chi connectivity index (χ3v) is 2.94.